The quantitative estimate of drug-likeness (QED) is 0.177. The third-order valence-corrected chi connectivity index (χ3v) is 12.0. The first-order chi connectivity index (χ1) is 29.7. The van der Waals surface area contributed by atoms with Gasteiger partial charge in [-0.05, 0) is 20.3 Å². The molecular formula is C47H73NO15. The number of ether oxygens (including phenoxy) is 4. The number of fused-ring (bicyclic) bond motifs is 2. The van der Waals surface area contributed by atoms with Crippen LogP contribution in [0.3, 0.4) is 0 Å². The van der Waals surface area contributed by atoms with Crippen molar-refractivity contribution in [3.05, 3.63) is 85.1 Å². The van der Waals surface area contributed by atoms with Gasteiger partial charge in [-0.3, -0.25) is 9.59 Å². The van der Waals surface area contributed by atoms with Crippen LogP contribution in [0, 0.1) is 17.8 Å². The molecule has 0 spiro atoms. The fourth-order valence-electron chi connectivity index (χ4n) is 7.66. The Morgan fingerprint density at radius 2 is 1.17 bits per heavy atom. The Bertz CT molecular complexity index is 1610. The summed E-state index contributed by atoms with van der Waals surface area (Å²) in [4.78, 5) is 25.3. The van der Waals surface area contributed by atoms with Gasteiger partial charge in [0.25, 0.3) is 0 Å². The molecule has 0 aromatic carbocycles. The Morgan fingerprint density at radius 1 is 0.635 bits per heavy atom. The third-order valence-electron chi connectivity index (χ3n) is 12.0. The Hall–Kier alpha value is -3.20. The first kappa shape index (κ1) is 54.1. The predicted octanol–water partition coefficient (Wildman–Crippen LogP) is 1.86. The number of esters is 1. The Balaban J connectivity index is 1.81. The van der Waals surface area contributed by atoms with Crippen molar-refractivity contribution in [1.82, 2.24) is 0 Å². The van der Waals surface area contributed by atoms with Gasteiger partial charge in [-0.15, -0.1) is 0 Å². The van der Waals surface area contributed by atoms with Crippen molar-refractivity contribution in [3.8, 4) is 0 Å². The number of hydrogen-bond donors (Lipinski definition) is 10. The van der Waals surface area contributed by atoms with Gasteiger partial charge >= 0.3 is 5.97 Å². The van der Waals surface area contributed by atoms with Gasteiger partial charge in [-0.25, -0.2) is 0 Å². The second-order valence-electron chi connectivity index (χ2n) is 17.4. The molecule has 18 atom stereocenters. The molecule has 0 saturated carbocycles. The number of hydrogen-bond acceptors (Lipinski definition) is 16. The second-order valence-corrected chi connectivity index (χ2v) is 17.4. The van der Waals surface area contributed by atoms with Crippen molar-refractivity contribution in [2.45, 2.75) is 177 Å². The number of carbonyl (C=O) groups is 2. The number of aliphatic hydroxyl groups is 9. The first-order valence-corrected chi connectivity index (χ1v) is 22.0. The standard InChI is InChI=1S/C47H73NO15/c1-28-18-16-14-12-10-8-6-7-9-11-13-15-17-19-36(62-46-45(58)42(48)44(57)32(5)61-46)25-40-30(3)38(53)26-47(59,63-40)27-39(54)37(52)21-20-33(49)22-34(50)23-35(51)24-41(55)60-31(4)29(2)43(28)56/h6-19,28-32,34-40,42-46,50-54,56-59H,20-27,48H2,1-5H3/t28-,29-,30+,31-,32?,34+,35+,36-,37+,38-,39+,40?,42?,43+,44?,45?,46?,47-/m0/s1. The highest BCUT2D eigenvalue weighted by Crippen LogP contribution is 2.37. The molecule has 16 heteroatoms. The van der Waals surface area contributed by atoms with Crippen LogP contribution in [0.15, 0.2) is 85.1 Å². The minimum Gasteiger partial charge on any atom is -0.462 e. The highest BCUT2D eigenvalue weighted by molar-refractivity contribution is 5.78. The van der Waals surface area contributed by atoms with Crippen molar-refractivity contribution in [3.63, 3.8) is 0 Å². The number of Topliss-reactive ketones (excluding diaryl/α,β-unsaturated/α-hetero) is 1. The number of aliphatic hydroxyl groups excluding tert-OH is 8. The molecule has 3 rings (SSSR count). The molecule has 3 heterocycles. The van der Waals surface area contributed by atoms with E-state index in [9.17, 15) is 55.5 Å². The molecule has 0 aliphatic carbocycles. The summed E-state index contributed by atoms with van der Waals surface area (Å²) in [5.41, 5.74) is 6.05. The molecule has 0 radical (unpaired) electrons. The minimum absolute atomic E-state index is 0.0312. The van der Waals surface area contributed by atoms with E-state index in [1.807, 2.05) is 61.6 Å². The lowest BCUT2D eigenvalue weighted by Crippen LogP contribution is -2.61. The van der Waals surface area contributed by atoms with Crippen LogP contribution in [-0.2, 0) is 28.5 Å². The summed E-state index contributed by atoms with van der Waals surface area (Å²) >= 11 is 0. The highest BCUT2D eigenvalue weighted by Gasteiger charge is 2.47. The fourth-order valence-corrected chi connectivity index (χ4v) is 7.66. The summed E-state index contributed by atoms with van der Waals surface area (Å²) in [6.07, 6.45) is 8.19. The van der Waals surface area contributed by atoms with Gasteiger partial charge in [0.2, 0.25) is 0 Å². The Kier molecular flexibility index (Phi) is 22.9. The van der Waals surface area contributed by atoms with E-state index < -0.39 is 128 Å². The van der Waals surface area contributed by atoms with Gasteiger partial charge in [0.1, 0.15) is 18.0 Å². The summed E-state index contributed by atoms with van der Waals surface area (Å²) in [7, 11) is 0. The predicted molar refractivity (Wildman–Crippen MR) is 234 cm³/mol. The summed E-state index contributed by atoms with van der Waals surface area (Å²) in [5, 5.41) is 97.3. The fraction of sp³-hybridized carbons (Fsp3) is 0.660. The first-order valence-electron chi connectivity index (χ1n) is 22.0. The van der Waals surface area contributed by atoms with Gasteiger partial charge < -0.3 is 70.6 Å². The topological polar surface area (TPSA) is 279 Å². The van der Waals surface area contributed by atoms with Crippen LogP contribution in [-0.4, -0.2) is 149 Å². The zero-order valence-electron chi connectivity index (χ0n) is 37.1. The van der Waals surface area contributed by atoms with Crippen molar-refractivity contribution < 1.29 is 74.5 Å². The van der Waals surface area contributed by atoms with Gasteiger partial charge in [0.15, 0.2) is 12.1 Å². The average molecular weight is 892 g/mol. The largest absolute Gasteiger partial charge is 0.462 e. The lowest BCUT2D eigenvalue weighted by molar-refractivity contribution is -0.310. The van der Waals surface area contributed by atoms with Crippen LogP contribution in [0.5, 0.6) is 0 Å². The van der Waals surface area contributed by atoms with Crippen LogP contribution >= 0.6 is 0 Å². The number of cyclic esters (lactones) is 1. The number of rotatable bonds is 2. The minimum atomic E-state index is -2.10. The van der Waals surface area contributed by atoms with E-state index >= 15 is 0 Å². The number of nitrogens with two attached hydrogens (primary N) is 1. The van der Waals surface area contributed by atoms with Crippen LogP contribution in [0.2, 0.25) is 0 Å². The molecule has 0 amide bonds. The van der Waals surface area contributed by atoms with Gasteiger partial charge in [0, 0.05) is 56.3 Å². The lowest BCUT2D eigenvalue weighted by atomic mass is 9.83. The van der Waals surface area contributed by atoms with Gasteiger partial charge in [0.05, 0.1) is 73.5 Å². The number of allylic oxidation sites excluding steroid dienone is 12. The van der Waals surface area contributed by atoms with Crippen LogP contribution in [0.25, 0.3) is 0 Å². The maximum absolute atomic E-state index is 12.7. The zero-order chi connectivity index (χ0) is 46.9. The zero-order valence-corrected chi connectivity index (χ0v) is 37.1. The average Bonchev–Trinajstić information content (AvgIpc) is 3.21. The maximum Gasteiger partial charge on any atom is 0.308 e. The molecule has 6 unspecified atom stereocenters. The van der Waals surface area contributed by atoms with Crippen LogP contribution in [0.1, 0.15) is 86.0 Å². The van der Waals surface area contributed by atoms with Crippen molar-refractivity contribution in [1.29, 1.82) is 0 Å². The van der Waals surface area contributed by atoms with E-state index in [2.05, 4.69) is 0 Å². The third kappa shape index (κ3) is 18.3. The molecule has 2 saturated heterocycles. The molecule has 0 aromatic heterocycles. The molecule has 63 heavy (non-hydrogen) atoms. The maximum atomic E-state index is 12.7. The molecular weight excluding hydrogens is 819 g/mol. The smallest absolute Gasteiger partial charge is 0.308 e. The lowest BCUT2D eigenvalue weighted by Gasteiger charge is -2.46. The second kappa shape index (κ2) is 26.7. The van der Waals surface area contributed by atoms with E-state index in [1.54, 1.807) is 58.1 Å². The molecule has 2 fully saturated rings. The number of ketones is 1. The molecule has 3 aliphatic heterocycles. The molecule has 2 bridgehead atoms. The molecule has 3 aliphatic rings. The molecule has 356 valence electrons. The summed E-state index contributed by atoms with van der Waals surface area (Å²) in [6, 6.07) is -1.06. The normalized spacial score (nSPS) is 41.9. The van der Waals surface area contributed by atoms with Crippen LogP contribution in [0.4, 0.5) is 0 Å². The van der Waals surface area contributed by atoms with E-state index in [0.29, 0.717) is 0 Å². The Morgan fingerprint density at radius 3 is 1.78 bits per heavy atom. The summed E-state index contributed by atoms with van der Waals surface area (Å²) < 4.78 is 23.5. The van der Waals surface area contributed by atoms with Gasteiger partial charge in [-0.2, -0.15) is 0 Å². The van der Waals surface area contributed by atoms with E-state index in [4.69, 9.17) is 24.7 Å². The monoisotopic (exact) mass is 891 g/mol. The van der Waals surface area contributed by atoms with Gasteiger partial charge in [-0.1, -0.05) is 106 Å². The highest BCUT2D eigenvalue weighted by atomic mass is 16.7. The van der Waals surface area contributed by atoms with Crippen molar-refractivity contribution >= 4 is 11.8 Å². The summed E-state index contributed by atoms with van der Waals surface area (Å²) in [5.74, 6) is -4.56. The van der Waals surface area contributed by atoms with E-state index in [1.165, 1.54) is 0 Å². The SMILES string of the molecule is CC1OC(O[C@H]2C=CC=CC=CC=CC=CC=CC=C[C@H](C)[C@@H](O)[C@@H](C)[C@H](C)OC(=O)C[C@H](O)C[C@H](O)CC(=O)CC[C@@H](O)[C@H](O)C[C@]3(O)C[C@H](O)[C@@H](C)C(C2)O3)C(O)C(N)C1O. The van der Waals surface area contributed by atoms with Crippen LogP contribution < -0.4 is 5.73 Å². The summed E-state index contributed by atoms with van der Waals surface area (Å²) in [6.45, 7) is 8.55. The number of carbonyl (C=O) groups excluding carboxylic acids is 2. The van der Waals surface area contributed by atoms with Crippen molar-refractivity contribution in [2.24, 2.45) is 23.5 Å². The van der Waals surface area contributed by atoms with E-state index in [0.717, 1.165) is 0 Å². The molecule has 11 N–H and O–H groups in total. The molecule has 0 aromatic rings. The van der Waals surface area contributed by atoms with E-state index in [-0.39, 0.29) is 44.4 Å². The van der Waals surface area contributed by atoms with Crippen molar-refractivity contribution in [2.75, 3.05) is 0 Å². The molecule has 16 nitrogen and oxygen atoms in total. The Labute approximate surface area is 371 Å².